The van der Waals surface area contributed by atoms with Crippen molar-refractivity contribution in [1.29, 1.82) is 0 Å². The van der Waals surface area contributed by atoms with Crippen LogP contribution < -0.4 is 15.8 Å². The number of imidazole rings is 1. The Hall–Kier alpha value is -3.16. The highest BCUT2D eigenvalue weighted by atomic mass is 16.5. The SMILES string of the molecule is CC(=O)Nc1ccc(Cn2cnc(OC(C)=O)c2C(N)=O)cc1. The molecular formula is C15H16N4O4. The number of carbonyl (C=O) groups excluding carboxylic acids is 3. The molecule has 2 aromatic rings. The Balaban J connectivity index is 2.22. The summed E-state index contributed by atoms with van der Waals surface area (Å²) < 4.78 is 6.36. The summed E-state index contributed by atoms with van der Waals surface area (Å²) in [6, 6.07) is 7.07. The third kappa shape index (κ3) is 4.16. The first-order valence-electron chi connectivity index (χ1n) is 6.76. The molecule has 8 heteroatoms. The van der Waals surface area contributed by atoms with Gasteiger partial charge in [0.05, 0.1) is 6.33 Å². The van der Waals surface area contributed by atoms with Gasteiger partial charge in [-0.15, -0.1) is 0 Å². The van der Waals surface area contributed by atoms with Gasteiger partial charge in [-0.05, 0) is 17.7 Å². The van der Waals surface area contributed by atoms with Crippen molar-refractivity contribution >= 4 is 23.5 Å². The Morgan fingerprint density at radius 2 is 1.87 bits per heavy atom. The highest BCUT2D eigenvalue weighted by Gasteiger charge is 2.19. The molecule has 1 heterocycles. The van der Waals surface area contributed by atoms with Gasteiger partial charge in [-0.1, -0.05) is 12.1 Å². The van der Waals surface area contributed by atoms with E-state index in [-0.39, 0.29) is 17.5 Å². The molecule has 1 aromatic carbocycles. The van der Waals surface area contributed by atoms with Crippen molar-refractivity contribution in [3.8, 4) is 5.88 Å². The second-order valence-electron chi connectivity index (χ2n) is 4.86. The van der Waals surface area contributed by atoms with Crippen LogP contribution in [-0.2, 0) is 16.1 Å². The van der Waals surface area contributed by atoms with Gasteiger partial charge in [0, 0.05) is 26.1 Å². The maximum absolute atomic E-state index is 11.6. The summed E-state index contributed by atoms with van der Waals surface area (Å²) in [6.07, 6.45) is 1.38. The van der Waals surface area contributed by atoms with E-state index < -0.39 is 11.9 Å². The van der Waals surface area contributed by atoms with Crippen LogP contribution in [0.3, 0.4) is 0 Å². The number of rotatable bonds is 5. The lowest BCUT2D eigenvalue weighted by Gasteiger charge is -2.08. The number of amides is 2. The standard InChI is InChI=1S/C15H16N4O4/c1-9(20)18-12-5-3-11(4-6-12)7-19-8-17-15(23-10(2)21)13(19)14(16)22/h3-6,8H,7H2,1-2H3,(H2,16,22)(H,18,20). The number of primary amides is 1. The van der Waals surface area contributed by atoms with Gasteiger partial charge in [0.1, 0.15) is 0 Å². The molecule has 0 aliphatic rings. The van der Waals surface area contributed by atoms with E-state index in [0.29, 0.717) is 12.2 Å². The molecular weight excluding hydrogens is 300 g/mol. The first-order chi connectivity index (χ1) is 10.9. The third-order valence-electron chi connectivity index (χ3n) is 2.91. The van der Waals surface area contributed by atoms with Gasteiger partial charge < -0.3 is 20.4 Å². The van der Waals surface area contributed by atoms with E-state index in [1.54, 1.807) is 24.3 Å². The van der Waals surface area contributed by atoms with E-state index in [0.717, 1.165) is 5.56 Å². The summed E-state index contributed by atoms with van der Waals surface area (Å²) in [5, 5.41) is 2.66. The molecule has 0 unspecified atom stereocenters. The minimum atomic E-state index is -0.742. The summed E-state index contributed by atoms with van der Waals surface area (Å²) in [7, 11) is 0. The van der Waals surface area contributed by atoms with Crippen LogP contribution in [0.15, 0.2) is 30.6 Å². The lowest BCUT2D eigenvalue weighted by Crippen LogP contribution is -2.19. The number of nitrogens with two attached hydrogens (primary N) is 1. The second kappa shape index (κ2) is 6.73. The zero-order chi connectivity index (χ0) is 17.0. The fourth-order valence-corrected chi connectivity index (χ4v) is 2.03. The van der Waals surface area contributed by atoms with Crippen molar-refractivity contribution in [2.75, 3.05) is 5.32 Å². The number of esters is 1. The average Bonchev–Trinajstić information content (AvgIpc) is 2.82. The van der Waals surface area contributed by atoms with Gasteiger partial charge >= 0.3 is 5.97 Å². The Bertz CT molecular complexity index is 749. The molecule has 0 atom stereocenters. The van der Waals surface area contributed by atoms with Crippen molar-refractivity contribution in [1.82, 2.24) is 9.55 Å². The second-order valence-corrected chi connectivity index (χ2v) is 4.86. The van der Waals surface area contributed by atoms with Crippen LogP contribution in [0.1, 0.15) is 29.9 Å². The molecule has 2 amide bonds. The lowest BCUT2D eigenvalue weighted by atomic mass is 10.2. The molecule has 23 heavy (non-hydrogen) atoms. The van der Waals surface area contributed by atoms with Crippen molar-refractivity contribution in [2.45, 2.75) is 20.4 Å². The van der Waals surface area contributed by atoms with Gasteiger partial charge in [0.25, 0.3) is 11.8 Å². The molecule has 0 saturated carbocycles. The number of benzene rings is 1. The molecule has 0 spiro atoms. The largest absolute Gasteiger partial charge is 0.405 e. The Labute approximate surface area is 132 Å². The predicted molar refractivity (Wildman–Crippen MR) is 81.9 cm³/mol. The molecule has 0 radical (unpaired) electrons. The van der Waals surface area contributed by atoms with Gasteiger partial charge in [0.15, 0.2) is 5.69 Å². The molecule has 120 valence electrons. The van der Waals surface area contributed by atoms with E-state index in [9.17, 15) is 14.4 Å². The number of nitrogens with one attached hydrogen (secondary N) is 1. The predicted octanol–water partition coefficient (Wildman–Crippen LogP) is 0.914. The van der Waals surface area contributed by atoms with Crippen molar-refractivity contribution in [2.24, 2.45) is 5.73 Å². The quantitative estimate of drug-likeness (QED) is 0.795. The van der Waals surface area contributed by atoms with Crippen LogP contribution in [0, 0.1) is 0 Å². The maximum Gasteiger partial charge on any atom is 0.309 e. The number of carbonyl (C=O) groups is 3. The number of anilines is 1. The molecule has 0 fully saturated rings. The van der Waals surface area contributed by atoms with Gasteiger partial charge in [-0.25, -0.2) is 4.98 Å². The minimum absolute atomic E-state index is 0.0196. The van der Waals surface area contributed by atoms with Gasteiger partial charge in [-0.3, -0.25) is 14.4 Å². The number of hydrogen-bond donors (Lipinski definition) is 2. The molecule has 0 bridgehead atoms. The average molecular weight is 316 g/mol. The topological polar surface area (TPSA) is 116 Å². The number of hydrogen-bond acceptors (Lipinski definition) is 5. The first kappa shape index (κ1) is 16.2. The van der Waals surface area contributed by atoms with Gasteiger partial charge in [0.2, 0.25) is 5.91 Å². The van der Waals surface area contributed by atoms with E-state index in [1.807, 2.05) is 0 Å². The van der Waals surface area contributed by atoms with Gasteiger partial charge in [-0.2, -0.15) is 0 Å². The van der Waals surface area contributed by atoms with Crippen molar-refractivity contribution < 1.29 is 19.1 Å². The zero-order valence-corrected chi connectivity index (χ0v) is 12.7. The summed E-state index contributed by atoms with van der Waals surface area (Å²) in [5.41, 5.74) is 6.87. The fourth-order valence-electron chi connectivity index (χ4n) is 2.03. The lowest BCUT2D eigenvalue weighted by molar-refractivity contribution is -0.132. The number of ether oxygens (including phenoxy) is 1. The molecule has 0 saturated heterocycles. The Kier molecular flexibility index (Phi) is 4.75. The van der Waals surface area contributed by atoms with E-state index in [4.69, 9.17) is 10.5 Å². The molecule has 0 aliphatic carbocycles. The van der Waals surface area contributed by atoms with Crippen LogP contribution in [0.25, 0.3) is 0 Å². The normalized spacial score (nSPS) is 10.2. The maximum atomic E-state index is 11.6. The van der Waals surface area contributed by atoms with Crippen LogP contribution >= 0.6 is 0 Å². The molecule has 2 rings (SSSR count). The van der Waals surface area contributed by atoms with Crippen molar-refractivity contribution in [3.05, 3.63) is 41.9 Å². The highest BCUT2D eigenvalue weighted by molar-refractivity contribution is 5.94. The zero-order valence-electron chi connectivity index (χ0n) is 12.7. The summed E-state index contributed by atoms with van der Waals surface area (Å²) in [5.74, 6) is -1.60. The Morgan fingerprint density at radius 3 is 2.39 bits per heavy atom. The number of aromatic nitrogens is 2. The highest BCUT2D eigenvalue weighted by Crippen LogP contribution is 2.18. The van der Waals surface area contributed by atoms with Crippen LogP contribution in [-0.4, -0.2) is 27.3 Å². The fraction of sp³-hybridized carbons (Fsp3) is 0.200. The number of nitrogens with zero attached hydrogens (tertiary/aromatic N) is 2. The monoisotopic (exact) mass is 316 g/mol. The smallest absolute Gasteiger partial charge is 0.309 e. The van der Waals surface area contributed by atoms with Crippen LogP contribution in [0.2, 0.25) is 0 Å². The minimum Gasteiger partial charge on any atom is -0.405 e. The molecule has 8 nitrogen and oxygen atoms in total. The summed E-state index contributed by atoms with van der Waals surface area (Å²) in [4.78, 5) is 37.5. The van der Waals surface area contributed by atoms with Crippen molar-refractivity contribution in [3.63, 3.8) is 0 Å². The summed E-state index contributed by atoms with van der Waals surface area (Å²) in [6.45, 7) is 2.95. The van der Waals surface area contributed by atoms with E-state index >= 15 is 0 Å². The molecule has 0 aliphatic heterocycles. The molecule has 3 N–H and O–H groups in total. The molecule has 1 aromatic heterocycles. The third-order valence-corrected chi connectivity index (χ3v) is 2.91. The van der Waals surface area contributed by atoms with E-state index in [1.165, 1.54) is 24.7 Å². The first-order valence-corrected chi connectivity index (χ1v) is 6.76. The Morgan fingerprint density at radius 1 is 1.22 bits per heavy atom. The summed E-state index contributed by atoms with van der Waals surface area (Å²) >= 11 is 0. The van der Waals surface area contributed by atoms with Crippen LogP contribution in [0.5, 0.6) is 5.88 Å². The van der Waals surface area contributed by atoms with E-state index in [2.05, 4.69) is 10.3 Å². The van der Waals surface area contributed by atoms with Crippen LogP contribution in [0.4, 0.5) is 5.69 Å².